The fraction of sp³-hybridized carbons (Fsp3) is 0.385. The topological polar surface area (TPSA) is 139 Å². The van der Waals surface area contributed by atoms with Gasteiger partial charge in [-0.1, -0.05) is 18.2 Å². The average Bonchev–Trinajstić information content (AvgIpc) is 3.09. The zero-order valence-corrected chi connectivity index (χ0v) is 28.3. The highest BCUT2D eigenvalue weighted by molar-refractivity contribution is 5.70. The van der Waals surface area contributed by atoms with E-state index in [9.17, 15) is 20.4 Å². The van der Waals surface area contributed by atoms with Crippen LogP contribution in [0.25, 0.3) is 11.1 Å². The smallest absolute Gasteiger partial charge is 0.128 e. The molecule has 0 spiro atoms. The Morgan fingerprint density at radius 3 is 2.39 bits per heavy atom. The molecule has 10 nitrogen and oxygen atoms in total. The number of fused-ring (bicyclic) bond motifs is 2. The minimum atomic E-state index is -1.01. The van der Waals surface area contributed by atoms with Crippen molar-refractivity contribution < 1.29 is 44.1 Å². The average molecular weight is 672 g/mol. The number of methoxy groups -OCH3 is 3. The first-order valence-corrected chi connectivity index (χ1v) is 16.6. The molecule has 49 heavy (non-hydrogen) atoms. The van der Waals surface area contributed by atoms with Crippen LogP contribution < -0.4 is 24.3 Å². The zero-order valence-electron chi connectivity index (χ0n) is 28.3. The molecule has 0 saturated carbocycles. The predicted octanol–water partition coefficient (Wildman–Crippen LogP) is 5.67. The highest BCUT2D eigenvalue weighted by Gasteiger charge is 2.47. The van der Waals surface area contributed by atoms with Crippen molar-refractivity contribution in [3.63, 3.8) is 0 Å². The van der Waals surface area contributed by atoms with Gasteiger partial charge < -0.3 is 49.4 Å². The maximum atomic E-state index is 12.1. The summed E-state index contributed by atoms with van der Waals surface area (Å²) in [5.41, 5.74) is 5.29. The molecule has 2 aliphatic rings. The van der Waals surface area contributed by atoms with Crippen LogP contribution in [0.4, 0.5) is 0 Å². The number of aliphatic hydroxyl groups excluding tert-OH is 2. The van der Waals surface area contributed by atoms with Crippen molar-refractivity contribution in [1.29, 1.82) is 0 Å². The molecule has 5 atom stereocenters. The second kappa shape index (κ2) is 15.0. The van der Waals surface area contributed by atoms with Gasteiger partial charge in [0, 0.05) is 60.8 Å². The number of nitrogens with one attached hydrogen (secondary N) is 1. The van der Waals surface area contributed by atoms with Crippen LogP contribution in [0.3, 0.4) is 0 Å². The molecular weight excluding hydrogens is 626 g/mol. The Morgan fingerprint density at radius 1 is 0.837 bits per heavy atom. The number of phenolic OH excluding ortho intramolecular Hbond substituents is 2. The third-order valence-corrected chi connectivity index (χ3v) is 9.68. The Morgan fingerprint density at radius 2 is 1.65 bits per heavy atom. The highest BCUT2D eigenvalue weighted by Crippen LogP contribution is 2.51. The second-order valence-electron chi connectivity index (χ2n) is 12.7. The van der Waals surface area contributed by atoms with E-state index in [-0.39, 0.29) is 18.1 Å². The molecule has 0 amide bonds. The lowest BCUT2D eigenvalue weighted by molar-refractivity contribution is -0.0889. The summed E-state index contributed by atoms with van der Waals surface area (Å²) < 4.78 is 29.8. The van der Waals surface area contributed by atoms with Crippen molar-refractivity contribution in [2.45, 2.75) is 44.1 Å². The van der Waals surface area contributed by atoms with E-state index in [4.69, 9.17) is 23.7 Å². The normalized spacial score (nSPS) is 21.2. The largest absolute Gasteiger partial charge is 0.508 e. The molecule has 0 fully saturated rings. The van der Waals surface area contributed by atoms with E-state index in [2.05, 4.69) is 5.32 Å². The molecule has 0 saturated heterocycles. The number of phenols is 2. The Labute approximate surface area is 286 Å². The van der Waals surface area contributed by atoms with Crippen molar-refractivity contribution >= 4 is 0 Å². The standard InChI is InChI=1S/C39H45NO9/c1-40-20-25-17-35-30(19-34(25)47-4)38(44)36(33(49-35)9-6-12-45-2)32-21-48-39-24(16-28(46-3)18-31(39)37(32)43)13-23-15-27(42)10-11-29(23)22-7-5-8-26(41)14-22/h5,7-8,10-11,14-19,32-33,36-38,40-44H,6,9,12-13,20-21H2,1-4H3/t32-,33-,36-,37-,38+/m1/s1. The lowest BCUT2D eigenvalue weighted by Gasteiger charge is -2.45. The fourth-order valence-electron chi connectivity index (χ4n) is 7.35. The number of aromatic hydroxyl groups is 2. The monoisotopic (exact) mass is 671 g/mol. The first-order chi connectivity index (χ1) is 23.8. The molecular formula is C39H45NO9. The maximum absolute atomic E-state index is 12.1. The van der Waals surface area contributed by atoms with Gasteiger partial charge in [0.25, 0.3) is 0 Å². The third-order valence-electron chi connectivity index (χ3n) is 9.68. The van der Waals surface area contributed by atoms with Gasteiger partial charge in [-0.15, -0.1) is 0 Å². The summed E-state index contributed by atoms with van der Waals surface area (Å²) in [5.74, 6) is 1.54. The van der Waals surface area contributed by atoms with Crippen LogP contribution in [0.1, 0.15) is 52.9 Å². The van der Waals surface area contributed by atoms with Gasteiger partial charge in [0.05, 0.1) is 33.0 Å². The number of ether oxygens (including phenoxy) is 5. The van der Waals surface area contributed by atoms with Crippen LogP contribution in [-0.2, 0) is 17.7 Å². The predicted molar refractivity (Wildman–Crippen MR) is 185 cm³/mol. The van der Waals surface area contributed by atoms with Crippen molar-refractivity contribution in [2.24, 2.45) is 11.8 Å². The number of benzene rings is 4. The Hall–Kier alpha value is -4.48. The first-order valence-electron chi connectivity index (χ1n) is 16.6. The van der Waals surface area contributed by atoms with Crippen LogP contribution in [0.15, 0.2) is 66.7 Å². The lowest BCUT2D eigenvalue weighted by Crippen LogP contribution is -2.46. The molecule has 0 aliphatic carbocycles. The van der Waals surface area contributed by atoms with Gasteiger partial charge in [-0.05, 0) is 85.1 Å². The minimum absolute atomic E-state index is 0.109. The van der Waals surface area contributed by atoms with E-state index in [0.29, 0.717) is 66.5 Å². The van der Waals surface area contributed by atoms with Gasteiger partial charge in [-0.25, -0.2) is 0 Å². The molecule has 4 aromatic rings. The molecule has 4 aromatic carbocycles. The molecule has 0 unspecified atom stereocenters. The molecule has 0 bridgehead atoms. The van der Waals surface area contributed by atoms with E-state index in [1.54, 1.807) is 57.7 Å². The first kappa shape index (κ1) is 34.4. The number of aliphatic hydroxyl groups is 2. The Balaban J connectivity index is 1.37. The van der Waals surface area contributed by atoms with Crippen LogP contribution in [-0.4, -0.2) is 68.1 Å². The summed E-state index contributed by atoms with van der Waals surface area (Å²) in [4.78, 5) is 0. The maximum Gasteiger partial charge on any atom is 0.128 e. The van der Waals surface area contributed by atoms with Gasteiger partial charge in [-0.3, -0.25) is 0 Å². The zero-order chi connectivity index (χ0) is 34.7. The summed E-state index contributed by atoms with van der Waals surface area (Å²) >= 11 is 0. The molecule has 10 heteroatoms. The van der Waals surface area contributed by atoms with Crippen molar-refractivity contribution in [2.75, 3.05) is 41.6 Å². The summed E-state index contributed by atoms with van der Waals surface area (Å²) in [6.07, 6.45) is -0.707. The minimum Gasteiger partial charge on any atom is -0.508 e. The molecule has 2 aliphatic heterocycles. The lowest BCUT2D eigenvalue weighted by atomic mass is 9.72. The van der Waals surface area contributed by atoms with E-state index in [1.807, 2.05) is 37.4 Å². The van der Waals surface area contributed by atoms with E-state index < -0.39 is 30.1 Å². The van der Waals surface area contributed by atoms with Crippen LogP contribution in [0.2, 0.25) is 0 Å². The van der Waals surface area contributed by atoms with E-state index >= 15 is 0 Å². The van der Waals surface area contributed by atoms with Crippen LogP contribution in [0.5, 0.6) is 34.5 Å². The summed E-state index contributed by atoms with van der Waals surface area (Å²) in [7, 11) is 6.69. The molecule has 5 N–H and O–H groups in total. The Kier molecular flexibility index (Phi) is 10.5. The van der Waals surface area contributed by atoms with Crippen molar-refractivity contribution in [3.05, 3.63) is 94.5 Å². The van der Waals surface area contributed by atoms with Gasteiger partial charge >= 0.3 is 0 Å². The van der Waals surface area contributed by atoms with Crippen molar-refractivity contribution in [3.8, 4) is 45.6 Å². The third kappa shape index (κ3) is 7.00. The van der Waals surface area contributed by atoms with E-state index in [0.717, 1.165) is 27.8 Å². The summed E-state index contributed by atoms with van der Waals surface area (Å²) in [6.45, 7) is 1.25. The molecule has 0 aromatic heterocycles. The summed E-state index contributed by atoms with van der Waals surface area (Å²) in [5, 5.41) is 47.9. The molecule has 2 heterocycles. The second-order valence-corrected chi connectivity index (χ2v) is 12.7. The van der Waals surface area contributed by atoms with Crippen molar-refractivity contribution in [1.82, 2.24) is 5.32 Å². The molecule has 6 rings (SSSR count). The Bertz CT molecular complexity index is 1780. The van der Waals surface area contributed by atoms with Gasteiger partial charge in [-0.2, -0.15) is 0 Å². The SMILES string of the molecule is CNCc1cc2c(cc1OC)[C@H](O)[C@H]([C@H]1COc3c(Cc4cc(O)ccc4-c4cccc(O)c4)cc(OC)cc3[C@H]1O)[C@@H](CCCOC)O2. The van der Waals surface area contributed by atoms with Gasteiger partial charge in [0.2, 0.25) is 0 Å². The number of hydrogen-bond donors (Lipinski definition) is 5. The van der Waals surface area contributed by atoms with E-state index in [1.165, 1.54) is 0 Å². The number of rotatable bonds is 12. The number of hydrogen-bond acceptors (Lipinski definition) is 10. The van der Waals surface area contributed by atoms with Crippen LogP contribution in [0, 0.1) is 11.8 Å². The highest BCUT2D eigenvalue weighted by atomic mass is 16.5. The van der Waals surface area contributed by atoms with Gasteiger partial charge in [0.1, 0.15) is 40.6 Å². The summed E-state index contributed by atoms with van der Waals surface area (Å²) in [6, 6.07) is 19.5. The molecule has 0 radical (unpaired) electrons. The van der Waals surface area contributed by atoms with Crippen LogP contribution >= 0.6 is 0 Å². The molecule has 260 valence electrons. The quantitative estimate of drug-likeness (QED) is 0.120. The van der Waals surface area contributed by atoms with Gasteiger partial charge in [0.15, 0.2) is 0 Å². The fourth-order valence-corrected chi connectivity index (χ4v) is 7.35.